The second-order valence-corrected chi connectivity index (χ2v) is 12.4. The minimum Gasteiger partial charge on any atom is -0.477 e. The summed E-state index contributed by atoms with van der Waals surface area (Å²) in [6, 6.07) is 8.72. The quantitative estimate of drug-likeness (QED) is 0.360. The number of carbonyl (C=O) groups excluding carboxylic acids is 1. The number of carbonyl (C=O) groups is 2. The van der Waals surface area contributed by atoms with Crippen LogP contribution in [0.4, 0.5) is 0 Å². The van der Waals surface area contributed by atoms with E-state index in [9.17, 15) is 28.2 Å². The lowest BCUT2D eigenvalue weighted by atomic mass is 9.78. The van der Waals surface area contributed by atoms with E-state index >= 15 is 0 Å². The summed E-state index contributed by atoms with van der Waals surface area (Å²) in [5.74, 6) is -2.82. The number of carboxylic acid groups (broad SMARTS) is 1. The van der Waals surface area contributed by atoms with Crippen molar-refractivity contribution in [3.63, 3.8) is 0 Å². The number of aryl methyl sites for hydroxylation is 1. The first-order valence-corrected chi connectivity index (χ1v) is 14.0. The SMILES string of the molecule is C[C@@H](O)[C@H]1C(=O)N2C(C(=O)O)=C(CN3Cc4cccc5c(Cn6cc[n+](C)c6)ccc(c45)S3(=O)=O)[C@H](C)[C@H]12. The van der Waals surface area contributed by atoms with E-state index < -0.39 is 45.9 Å². The fourth-order valence-corrected chi connectivity index (χ4v) is 8.02. The number of sulfonamides is 1. The van der Waals surface area contributed by atoms with E-state index in [1.807, 2.05) is 59.2 Å². The third-order valence-electron chi connectivity index (χ3n) is 8.18. The van der Waals surface area contributed by atoms with Crippen LogP contribution < -0.4 is 4.57 Å². The zero-order valence-electron chi connectivity index (χ0n) is 21.3. The minimum atomic E-state index is -3.95. The molecule has 2 aromatic carbocycles. The number of carboxylic acids is 1. The molecule has 4 atom stereocenters. The van der Waals surface area contributed by atoms with E-state index in [1.165, 1.54) is 16.1 Å². The number of aliphatic hydroxyl groups excluding tert-OH is 1. The number of hydrogen-bond donors (Lipinski definition) is 2. The number of rotatable bonds is 6. The lowest BCUT2D eigenvalue weighted by molar-refractivity contribution is -0.671. The number of nitrogens with zero attached hydrogens (tertiary/aromatic N) is 4. The lowest BCUT2D eigenvalue weighted by Gasteiger charge is -2.46. The molecular formula is C27H29N4O6S+. The number of hydrogen-bond acceptors (Lipinski definition) is 5. The highest BCUT2D eigenvalue weighted by molar-refractivity contribution is 7.89. The Kier molecular flexibility index (Phi) is 5.53. The normalized spacial score (nSPS) is 25.0. The number of benzene rings is 2. The van der Waals surface area contributed by atoms with Crippen LogP contribution in [0.15, 0.2) is 65.2 Å². The van der Waals surface area contributed by atoms with Crippen molar-refractivity contribution in [1.29, 1.82) is 0 Å². The smallest absolute Gasteiger partial charge is 0.352 e. The summed E-state index contributed by atoms with van der Waals surface area (Å²) in [6.07, 6.45) is 4.94. The van der Waals surface area contributed by atoms with Gasteiger partial charge < -0.3 is 15.1 Å². The van der Waals surface area contributed by atoms with Gasteiger partial charge >= 0.3 is 5.97 Å². The van der Waals surface area contributed by atoms with Crippen LogP contribution in [0.1, 0.15) is 25.0 Å². The Labute approximate surface area is 220 Å². The van der Waals surface area contributed by atoms with Gasteiger partial charge in [-0.3, -0.25) is 4.79 Å². The van der Waals surface area contributed by atoms with E-state index in [2.05, 4.69) is 0 Å². The number of aliphatic hydroxyl groups is 1. The van der Waals surface area contributed by atoms with Crippen LogP contribution in [0.3, 0.4) is 0 Å². The van der Waals surface area contributed by atoms with Crippen LogP contribution >= 0.6 is 0 Å². The molecule has 0 radical (unpaired) electrons. The number of imidazole rings is 1. The molecule has 0 saturated carbocycles. The van der Waals surface area contributed by atoms with Gasteiger partial charge in [0.05, 0.1) is 30.0 Å². The highest BCUT2D eigenvalue weighted by Crippen LogP contribution is 2.48. The fourth-order valence-electron chi connectivity index (χ4n) is 6.38. The number of β-lactam (4-membered cyclic amide) rings is 1. The van der Waals surface area contributed by atoms with Crippen molar-refractivity contribution < 1.29 is 32.8 Å². The summed E-state index contributed by atoms with van der Waals surface area (Å²) in [7, 11) is -2.01. The maximum atomic E-state index is 13.9. The highest BCUT2D eigenvalue weighted by Gasteiger charge is 2.60. The van der Waals surface area contributed by atoms with Crippen molar-refractivity contribution in [2.24, 2.45) is 18.9 Å². The van der Waals surface area contributed by atoms with E-state index in [0.717, 1.165) is 16.5 Å². The van der Waals surface area contributed by atoms with Crippen molar-refractivity contribution in [2.45, 2.75) is 44.0 Å². The lowest BCUT2D eigenvalue weighted by Crippen LogP contribution is -2.63. The van der Waals surface area contributed by atoms with Crippen molar-refractivity contribution in [2.75, 3.05) is 6.54 Å². The Morgan fingerprint density at radius 2 is 1.97 bits per heavy atom. The molecule has 4 heterocycles. The predicted molar refractivity (Wildman–Crippen MR) is 136 cm³/mol. The molecular weight excluding hydrogens is 508 g/mol. The second-order valence-electron chi connectivity index (χ2n) is 10.5. The Balaban J connectivity index is 1.38. The first kappa shape index (κ1) is 24.8. The standard InChI is InChI=1S/C27H28N4O6S/c1-15-20(25(27(34)35)31-24(15)22(16(2)32)26(31)33)13-30-12-18-5-4-6-19-17(11-29-10-9-28(3)14-29)7-8-21(23(18)19)38(30,36)37/h4-10,14-16,22,24,32H,11-13H2,1-3H3/p+1/t15-,16+,22+,24+/m0/s1. The van der Waals surface area contributed by atoms with Gasteiger partial charge in [0.1, 0.15) is 24.6 Å². The minimum absolute atomic E-state index is 0.0934. The number of aromatic nitrogens is 2. The largest absolute Gasteiger partial charge is 0.477 e. The molecule has 3 aliphatic rings. The van der Waals surface area contributed by atoms with Crippen molar-refractivity contribution >= 4 is 32.7 Å². The van der Waals surface area contributed by atoms with Crippen molar-refractivity contribution in [1.82, 2.24) is 13.8 Å². The molecule has 6 rings (SSSR count). The average molecular weight is 538 g/mol. The third-order valence-corrected chi connectivity index (χ3v) is 10.0. The number of fused-ring (bicyclic) bond motifs is 1. The maximum Gasteiger partial charge on any atom is 0.352 e. The predicted octanol–water partition coefficient (Wildman–Crippen LogP) is 1.21. The molecule has 0 spiro atoms. The van der Waals surface area contributed by atoms with Gasteiger partial charge in [0.2, 0.25) is 22.3 Å². The zero-order valence-corrected chi connectivity index (χ0v) is 22.1. The zero-order chi connectivity index (χ0) is 27.1. The summed E-state index contributed by atoms with van der Waals surface area (Å²) in [5.41, 5.74) is 2.06. The summed E-state index contributed by atoms with van der Waals surface area (Å²) < 4.78 is 33.0. The number of aliphatic carboxylic acids is 1. The van der Waals surface area contributed by atoms with E-state index in [1.54, 1.807) is 13.0 Å². The van der Waals surface area contributed by atoms with E-state index in [-0.39, 0.29) is 23.7 Å². The van der Waals surface area contributed by atoms with Crippen LogP contribution in [0, 0.1) is 11.8 Å². The molecule has 3 aromatic rings. The molecule has 11 heteroatoms. The fraction of sp³-hybridized carbons (Fsp3) is 0.370. The Morgan fingerprint density at radius 3 is 2.63 bits per heavy atom. The summed E-state index contributed by atoms with van der Waals surface area (Å²) in [4.78, 5) is 26.3. The van der Waals surface area contributed by atoms with Crippen LogP contribution in [0.25, 0.3) is 10.8 Å². The topological polar surface area (TPSA) is 124 Å². The molecule has 1 fully saturated rings. The average Bonchev–Trinajstić information content (AvgIpc) is 3.36. The molecule has 3 aliphatic heterocycles. The molecule has 0 bridgehead atoms. The molecule has 1 saturated heterocycles. The molecule has 10 nitrogen and oxygen atoms in total. The van der Waals surface area contributed by atoms with Crippen molar-refractivity contribution in [3.8, 4) is 0 Å². The molecule has 1 amide bonds. The van der Waals surface area contributed by atoms with Crippen LogP contribution in [0.5, 0.6) is 0 Å². The Hall–Kier alpha value is -3.54. The van der Waals surface area contributed by atoms with Gasteiger partial charge in [-0.15, -0.1) is 0 Å². The van der Waals surface area contributed by atoms with Gasteiger partial charge in [-0.1, -0.05) is 31.2 Å². The number of amides is 1. The maximum absolute atomic E-state index is 13.9. The molecule has 0 aliphatic carbocycles. The first-order valence-electron chi connectivity index (χ1n) is 12.5. The van der Waals surface area contributed by atoms with Gasteiger partial charge in [0.25, 0.3) is 0 Å². The Morgan fingerprint density at radius 1 is 1.21 bits per heavy atom. The molecule has 198 valence electrons. The summed E-state index contributed by atoms with van der Waals surface area (Å²) in [5, 5.41) is 21.6. The molecule has 2 N–H and O–H groups in total. The monoisotopic (exact) mass is 537 g/mol. The van der Waals surface area contributed by atoms with Gasteiger partial charge in [0, 0.05) is 30.0 Å². The molecule has 38 heavy (non-hydrogen) atoms. The Bertz CT molecular complexity index is 1660. The van der Waals surface area contributed by atoms with Gasteiger partial charge in [-0.25, -0.2) is 22.3 Å². The van der Waals surface area contributed by atoms with Crippen LogP contribution in [-0.4, -0.2) is 63.0 Å². The summed E-state index contributed by atoms with van der Waals surface area (Å²) in [6.45, 7) is 3.85. The van der Waals surface area contributed by atoms with Crippen molar-refractivity contribution in [3.05, 3.63) is 71.4 Å². The van der Waals surface area contributed by atoms with E-state index in [4.69, 9.17) is 0 Å². The van der Waals surface area contributed by atoms with Crippen LogP contribution in [0.2, 0.25) is 0 Å². The van der Waals surface area contributed by atoms with E-state index in [0.29, 0.717) is 17.5 Å². The molecule has 0 unspecified atom stereocenters. The van der Waals surface area contributed by atoms with Crippen LogP contribution in [-0.2, 0) is 39.7 Å². The molecule has 1 aromatic heterocycles. The second kappa shape index (κ2) is 8.48. The highest BCUT2D eigenvalue weighted by atomic mass is 32.2. The first-order chi connectivity index (χ1) is 18.0. The summed E-state index contributed by atoms with van der Waals surface area (Å²) >= 11 is 0. The van der Waals surface area contributed by atoms with Gasteiger partial charge in [-0.2, -0.15) is 4.31 Å². The third kappa shape index (κ3) is 3.45. The van der Waals surface area contributed by atoms with Gasteiger partial charge in [-0.05, 0) is 29.5 Å². The van der Waals surface area contributed by atoms with Gasteiger partial charge in [0.15, 0.2) is 0 Å².